The third-order valence-corrected chi connectivity index (χ3v) is 6.42. The first-order chi connectivity index (χ1) is 14.5. The lowest BCUT2D eigenvalue weighted by atomic mass is 9.88. The Labute approximate surface area is 176 Å². The number of hydrogen-bond acceptors (Lipinski definition) is 5. The first-order valence-corrected chi connectivity index (χ1v) is 10.7. The van der Waals surface area contributed by atoms with Crippen LogP contribution in [0.15, 0.2) is 35.5 Å². The maximum Gasteiger partial charge on any atom is 0.254 e. The summed E-state index contributed by atoms with van der Waals surface area (Å²) in [5.74, 6) is 0.622. The molecule has 0 aliphatic carbocycles. The van der Waals surface area contributed by atoms with Crippen LogP contribution in [0.2, 0.25) is 0 Å². The summed E-state index contributed by atoms with van der Waals surface area (Å²) in [5.41, 5.74) is 7.29. The van der Waals surface area contributed by atoms with Gasteiger partial charge in [-0.1, -0.05) is 6.07 Å². The van der Waals surface area contributed by atoms with Crippen LogP contribution in [0.4, 0.5) is 0 Å². The molecule has 160 valence electrons. The summed E-state index contributed by atoms with van der Waals surface area (Å²) in [4.78, 5) is 33.8. The molecule has 1 saturated heterocycles. The van der Waals surface area contributed by atoms with E-state index >= 15 is 0 Å². The van der Waals surface area contributed by atoms with Gasteiger partial charge in [-0.15, -0.1) is 0 Å². The average Bonchev–Trinajstić information content (AvgIpc) is 3.32. The Morgan fingerprint density at radius 1 is 1.20 bits per heavy atom. The van der Waals surface area contributed by atoms with Gasteiger partial charge in [0.1, 0.15) is 6.54 Å². The molecule has 8 nitrogen and oxygen atoms in total. The first kappa shape index (κ1) is 20.3. The van der Waals surface area contributed by atoms with Crippen molar-refractivity contribution in [2.75, 3.05) is 32.7 Å². The van der Waals surface area contributed by atoms with Crippen LogP contribution >= 0.6 is 0 Å². The van der Waals surface area contributed by atoms with E-state index in [0.717, 1.165) is 23.7 Å². The number of benzene rings is 1. The van der Waals surface area contributed by atoms with Crippen molar-refractivity contribution in [3.8, 4) is 0 Å². The molecular weight excluding hydrogens is 380 g/mol. The molecule has 4 rings (SSSR count). The number of nitrogens with zero attached hydrogens (tertiary/aromatic N) is 4. The number of nitrogens with two attached hydrogens (primary N) is 1. The van der Waals surface area contributed by atoms with Gasteiger partial charge in [0.15, 0.2) is 5.96 Å². The van der Waals surface area contributed by atoms with Crippen molar-refractivity contribution in [2.45, 2.75) is 38.8 Å². The summed E-state index contributed by atoms with van der Waals surface area (Å²) in [6, 6.07) is 7.68. The average molecular weight is 411 g/mol. The highest BCUT2D eigenvalue weighted by Gasteiger charge is 2.39. The number of likely N-dealkylation sites (tertiary alicyclic amines) is 1. The Kier molecular flexibility index (Phi) is 5.40. The highest BCUT2D eigenvalue weighted by molar-refractivity contribution is 6.06. The lowest BCUT2D eigenvalue weighted by Gasteiger charge is -2.39. The van der Waals surface area contributed by atoms with Crippen LogP contribution in [0, 0.1) is 0 Å². The lowest BCUT2D eigenvalue weighted by Crippen LogP contribution is -2.55. The summed E-state index contributed by atoms with van der Waals surface area (Å²) >= 11 is 0. The Hall–Kier alpha value is -3.03. The number of amides is 2. The van der Waals surface area contributed by atoms with Crippen LogP contribution in [0.1, 0.15) is 37.0 Å². The topological polar surface area (TPSA) is 96.0 Å². The molecule has 30 heavy (non-hydrogen) atoms. The number of rotatable bonds is 5. The summed E-state index contributed by atoms with van der Waals surface area (Å²) < 4.78 is 1.93. The number of piperidine rings is 1. The maximum atomic E-state index is 13.3. The largest absolute Gasteiger partial charge is 0.370 e. The van der Waals surface area contributed by atoms with Crippen LogP contribution in [-0.4, -0.2) is 70.4 Å². The van der Waals surface area contributed by atoms with Crippen molar-refractivity contribution < 1.29 is 9.59 Å². The second kappa shape index (κ2) is 8.01. The summed E-state index contributed by atoms with van der Waals surface area (Å²) in [7, 11) is 0. The molecule has 2 aliphatic heterocycles. The van der Waals surface area contributed by atoms with Gasteiger partial charge in [-0.05, 0) is 44.9 Å². The van der Waals surface area contributed by atoms with E-state index in [1.54, 1.807) is 0 Å². The molecule has 2 aromatic rings. The van der Waals surface area contributed by atoms with Gasteiger partial charge < -0.3 is 25.4 Å². The minimum Gasteiger partial charge on any atom is -0.370 e. The number of guanidine groups is 1. The Morgan fingerprint density at radius 2 is 1.93 bits per heavy atom. The fraction of sp³-hybridized carbons (Fsp3) is 0.500. The molecule has 0 atom stereocenters. The van der Waals surface area contributed by atoms with Crippen molar-refractivity contribution in [1.82, 2.24) is 19.7 Å². The van der Waals surface area contributed by atoms with Gasteiger partial charge in [-0.2, -0.15) is 0 Å². The summed E-state index contributed by atoms with van der Waals surface area (Å²) in [6.45, 7) is 7.66. The van der Waals surface area contributed by atoms with Gasteiger partial charge in [-0.25, -0.2) is 0 Å². The molecular formula is C22H30N6O2. The number of nitrogens with one attached hydrogen (secondary N) is 1. The number of aromatic nitrogens is 1. The van der Waals surface area contributed by atoms with Crippen molar-refractivity contribution in [3.63, 3.8) is 0 Å². The molecule has 8 heteroatoms. The molecule has 0 radical (unpaired) electrons. The van der Waals surface area contributed by atoms with E-state index in [4.69, 9.17) is 5.73 Å². The number of aliphatic imine (C=N–C) groups is 1. The zero-order chi connectivity index (χ0) is 21.3. The van der Waals surface area contributed by atoms with Crippen LogP contribution in [0.5, 0.6) is 0 Å². The van der Waals surface area contributed by atoms with Crippen LogP contribution in [0.3, 0.4) is 0 Å². The Bertz CT molecular complexity index is 983. The lowest BCUT2D eigenvalue weighted by molar-refractivity contribution is -0.131. The minimum absolute atomic E-state index is 0.0372. The predicted molar refractivity (Wildman–Crippen MR) is 117 cm³/mol. The Morgan fingerprint density at radius 3 is 2.57 bits per heavy atom. The molecule has 2 amide bonds. The van der Waals surface area contributed by atoms with Gasteiger partial charge in [0.25, 0.3) is 5.91 Å². The number of carbonyl (C=O) groups is 2. The van der Waals surface area contributed by atoms with Crippen LogP contribution in [0.25, 0.3) is 10.9 Å². The molecule has 2 aliphatic rings. The molecule has 0 bridgehead atoms. The molecule has 1 aromatic heterocycles. The number of likely N-dealkylation sites (N-methyl/N-ethyl adjacent to an activating group) is 1. The quantitative estimate of drug-likeness (QED) is 0.779. The van der Waals surface area contributed by atoms with Crippen molar-refractivity contribution in [2.24, 2.45) is 10.7 Å². The fourth-order valence-corrected chi connectivity index (χ4v) is 4.55. The van der Waals surface area contributed by atoms with E-state index < -0.39 is 0 Å². The number of hydrogen-bond donors (Lipinski definition) is 2. The third kappa shape index (κ3) is 3.62. The Balaban J connectivity index is 1.50. The second-order valence-electron chi connectivity index (χ2n) is 8.15. The summed E-state index contributed by atoms with van der Waals surface area (Å²) in [6.07, 6.45) is 3.56. The van der Waals surface area contributed by atoms with E-state index in [0.29, 0.717) is 44.2 Å². The van der Waals surface area contributed by atoms with E-state index in [1.807, 2.05) is 58.7 Å². The van der Waals surface area contributed by atoms with Crippen molar-refractivity contribution in [3.05, 3.63) is 36.0 Å². The van der Waals surface area contributed by atoms with Gasteiger partial charge in [0.05, 0.1) is 12.1 Å². The predicted octanol–water partition coefficient (Wildman–Crippen LogP) is 1.40. The van der Waals surface area contributed by atoms with Gasteiger partial charge in [-0.3, -0.25) is 14.6 Å². The first-order valence-electron chi connectivity index (χ1n) is 10.7. The van der Waals surface area contributed by atoms with Crippen molar-refractivity contribution in [1.29, 1.82) is 0 Å². The number of fused-ring (bicyclic) bond motifs is 1. The van der Waals surface area contributed by atoms with E-state index in [-0.39, 0.29) is 23.9 Å². The molecule has 3 N–H and O–H groups in total. The highest BCUT2D eigenvalue weighted by Crippen LogP contribution is 2.28. The third-order valence-electron chi connectivity index (χ3n) is 6.42. The van der Waals surface area contributed by atoms with Gasteiger partial charge >= 0.3 is 0 Å². The summed E-state index contributed by atoms with van der Waals surface area (Å²) in [5, 5.41) is 4.18. The minimum atomic E-state index is -0.0962. The fourth-order valence-electron chi connectivity index (χ4n) is 4.55. The standard InChI is InChI=1S/C22H30N6O2/c1-3-26(4-2)19(29)14-28-11-8-16-17(6-5-7-18(16)28)20(30)27-12-9-22(10-13-27)15-24-21(23)25-22/h5-8,11H,3-4,9-10,12-15H2,1-2H3,(H3,23,24,25). The van der Waals surface area contributed by atoms with E-state index in [2.05, 4.69) is 10.3 Å². The highest BCUT2D eigenvalue weighted by atomic mass is 16.2. The molecule has 1 fully saturated rings. The van der Waals surface area contributed by atoms with Crippen LogP contribution < -0.4 is 11.1 Å². The van der Waals surface area contributed by atoms with E-state index in [1.165, 1.54) is 0 Å². The smallest absolute Gasteiger partial charge is 0.254 e. The molecule has 1 spiro atoms. The second-order valence-corrected chi connectivity index (χ2v) is 8.15. The molecule has 0 unspecified atom stereocenters. The van der Waals surface area contributed by atoms with Gasteiger partial charge in [0.2, 0.25) is 5.91 Å². The molecule has 3 heterocycles. The monoisotopic (exact) mass is 410 g/mol. The maximum absolute atomic E-state index is 13.3. The molecule has 1 aromatic carbocycles. The van der Waals surface area contributed by atoms with Crippen molar-refractivity contribution >= 4 is 28.7 Å². The molecule has 0 saturated carbocycles. The SMILES string of the molecule is CCN(CC)C(=O)Cn1ccc2c(C(=O)N3CCC4(CC3)CN=C(N)N4)cccc21. The van der Waals surface area contributed by atoms with E-state index in [9.17, 15) is 9.59 Å². The zero-order valence-corrected chi connectivity index (χ0v) is 17.7. The van der Waals surface area contributed by atoms with Gasteiger partial charge in [0, 0.05) is 48.8 Å². The van der Waals surface area contributed by atoms with Crippen LogP contribution in [-0.2, 0) is 11.3 Å². The zero-order valence-electron chi connectivity index (χ0n) is 17.7. The normalized spacial score (nSPS) is 17.8. The number of carbonyl (C=O) groups excluding carboxylic acids is 2.